The van der Waals surface area contributed by atoms with Gasteiger partial charge in [-0.05, 0) is 56.4 Å². The molecule has 1 N–H and O–H groups in total. The van der Waals surface area contributed by atoms with Gasteiger partial charge in [0, 0.05) is 5.69 Å². The van der Waals surface area contributed by atoms with E-state index in [9.17, 15) is 14.4 Å². The SMILES string of the molecule is COC(=O)c1c(C)[nH]c(C(=O)[C@@H](C)OC(=O)COc2cc(C)ccc2C(C)C)c1C. The average molecular weight is 415 g/mol. The third-order valence-electron chi connectivity index (χ3n) is 4.89. The van der Waals surface area contributed by atoms with Crippen molar-refractivity contribution in [1.29, 1.82) is 0 Å². The molecule has 7 heteroatoms. The number of H-pyrrole nitrogens is 1. The molecule has 0 bridgehead atoms. The molecule has 2 aromatic rings. The van der Waals surface area contributed by atoms with Gasteiger partial charge in [-0.15, -0.1) is 0 Å². The molecule has 1 aromatic heterocycles. The van der Waals surface area contributed by atoms with Crippen LogP contribution in [0.1, 0.15) is 69.9 Å². The minimum Gasteiger partial charge on any atom is -0.482 e. The van der Waals surface area contributed by atoms with Gasteiger partial charge in [-0.25, -0.2) is 9.59 Å². The van der Waals surface area contributed by atoms with Crippen molar-refractivity contribution in [3.05, 3.63) is 51.8 Å². The standard InChI is InChI=1S/C23H29NO6/c1-12(2)17-9-8-13(3)10-18(17)29-11-19(25)30-16(6)22(26)21-14(4)20(15(5)24-21)23(27)28-7/h8-10,12,16,24H,11H2,1-7H3/t16-/m1/s1. The molecule has 2 rings (SSSR count). The van der Waals surface area contributed by atoms with Crippen LogP contribution in [-0.4, -0.2) is 42.5 Å². The molecular weight excluding hydrogens is 386 g/mol. The fraction of sp³-hybridized carbons (Fsp3) is 0.435. The van der Waals surface area contributed by atoms with Crippen LogP contribution < -0.4 is 4.74 Å². The van der Waals surface area contributed by atoms with Gasteiger partial charge < -0.3 is 19.2 Å². The number of esters is 2. The third kappa shape index (κ3) is 5.09. The zero-order valence-electron chi connectivity index (χ0n) is 18.5. The Balaban J connectivity index is 2.06. The second-order valence-electron chi connectivity index (χ2n) is 7.60. The molecule has 1 heterocycles. The summed E-state index contributed by atoms with van der Waals surface area (Å²) in [7, 11) is 1.28. The number of aromatic amines is 1. The molecule has 0 saturated carbocycles. The van der Waals surface area contributed by atoms with Gasteiger partial charge in [0.2, 0.25) is 5.78 Å². The molecule has 30 heavy (non-hydrogen) atoms. The number of Topliss-reactive ketones (excluding diaryl/α,β-unsaturated/α-hetero) is 1. The van der Waals surface area contributed by atoms with Crippen molar-refractivity contribution in [2.45, 2.75) is 53.6 Å². The van der Waals surface area contributed by atoms with Crippen LogP contribution in [0.25, 0.3) is 0 Å². The number of ether oxygens (including phenoxy) is 3. The average Bonchev–Trinajstić information content (AvgIpc) is 2.98. The van der Waals surface area contributed by atoms with E-state index in [1.165, 1.54) is 14.0 Å². The second kappa shape index (κ2) is 9.61. The molecule has 0 spiro atoms. The van der Waals surface area contributed by atoms with Gasteiger partial charge in [0.15, 0.2) is 12.7 Å². The van der Waals surface area contributed by atoms with E-state index in [-0.39, 0.29) is 18.2 Å². The quantitative estimate of drug-likeness (QED) is 0.516. The summed E-state index contributed by atoms with van der Waals surface area (Å²) in [6.45, 7) is 10.5. The summed E-state index contributed by atoms with van der Waals surface area (Å²) in [5.74, 6) is -0.754. The summed E-state index contributed by atoms with van der Waals surface area (Å²) in [5.41, 5.74) is 3.52. The summed E-state index contributed by atoms with van der Waals surface area (Å²) in [5, 5.41) is 0. The van der Waals surface area contributed by atoms with Crippen LogP contribution in [0.5, 0.6) is 5.75 Å². The number of carbonyl (C=O) groups is 3. The Morgan fingerprint density at radius 1 is 1.07 bits per heavy atom. The van der Waals surface area contributed by atoms with Crippen molar-refractivity contribution < 1.29 is 28.6 Å². The van der Waals surface area contributed by atoms with Crippen LogP contribution in [-0.2, 0) is 14.3 Å². The summed E-state index contributed by atoms with van der Waals surface area (Å²) in [4.78, 5) is 39.8. The summed E-state index contributed by atoms with van der Waals surface area (Å²) in [6.07, 6.45) is -1.04. The molecule has 0 aliphatic carbocycles. The van der Waals surface area contributed by atoms with E-state index in [0.29, 0.717) is 22.6 Å². The molecule has 7 nitrogen and oxygen atoms in total. The number of nitrogens with one attached hydrogen (secondary N) is 1. The maximum Gasteiger partial charge on any atom is 0.344 e. The minimum atomic E-state index is -1.04. The first-order chi connectivity index (χ1) is 14.1. The Labute approximate surface area is 176 Å². The topological polar surface area (TPSA) is 94.7 Å². The van der Waals surface area contributed by atoms with Crippen molar-refractivity contribution in [3.8, 4) is 5.75 Å². The molecule has 0 aliphatic rings. The van der Waals surface area contributed by atoms with Gasteiger partial charge in [0.1, 0.15) is 5.75 Å². The molecule has 1 atom stereocenters. The molecule has 162 valence electrons. The zero-order valence-corrected chi connectivity index (χ0v) is 18.5. The van der Waals surface area contributed by atoms with Crippen LogP contribution in [0.2, 0.25) is 0 Å². The highest BCUT2D eigenvalue weighted by Gasteiger charge is 2.27. The summed E-state index contributed by atoms with van der Waals surface area (Å²) < 4.78 is 15.7. The van der Waals surface area contributed by atoms with Gasteiger partial charge in [0.25, 0.3) is 0 Å². The van der Waals surface area contributed by atoms with Crippen LogP contribution in [0, 0.1) is 20.8 Å². The number of ketones is 1. The highest BCUT2D eigenvalue weighted by molar-refractivity contribution is 6.03. The highest BCUT2D eigenvalue weighted by atomic mass is 16.6. The lowest BCUT2D eigenvalue weighted by atomic mass is 10.0. The maximum absolute atomic E-state index is 12.7. The lowest BCUT2D eigenvalue weighted by Crippen LogP contribution is -2.28. The fourth-order valence-corrected chi connectivity index (χ4v) is 3.27. The Morgan fingerprint density at radius 2 is 1.73 bits per heavy atom. The molecule has 1 aromatic carbocycles. The number of carbonyl (C=O) groups excluding carboxylic acids is 3. The van der Waals surface area contributed by atoms with Crippen molar-refractivity contribution in [3.63, 3.8) is 0 Å². The summed E-state index contributed by atoms with van der Waals surface area (Å²) >= 11 is 0. The van der Waals surface area contributed by atoms with Crippen LogP contribution in [0.3, 0.4) is 0 Å². The second-order valence-corrected chi connectivity index (χ2v) is 7.60. The molecule has 0 amide bonds. The smallest absolute Gasteiger partial charge is 0.344 e. The van der Waals surface area contributed by atoms with Gasteiger partial charge in [-0.1, -0.05) is 26.0 Å². The van der Waals surface area contributed by atoms with E-state index in [4.69, 9.17) is 14.2 Å². The van der Waals surface area contributed by atoms with E-state index in [1.54, 1.807) is 13.8 Å². The number of aryl methyl sites for hydroxylation is 2. The van der Waals surface area contributed by atoms with Gasteiger partial charge in [0.05, 0.1) is 18.4 Å². The largest absolute Gasteiger partial charge is 0.482 e. The monoisotopic (exact) mass is 415 g/mol. The first kappa shape index (κ1) is 23.2. The Hall–Kier alpha value is -3.09. The zero-order chi connectivity index (χ0) is 22.6. The number of methoxy groups -OCH3 is 1. The van der Waals surface area contributed by atoms with E-state index in [0.717, 1.165) is 11.1 Å². The third-order valence-corrected chi connectivity index (χ3v) is 4.89. The fourth-order valence-electron chi connectivity index (χ4n) is 3.27. The molecule has 0 fully saturated rings. The number of hydrogen-bond acceptors (Lipinski definition) is 6. The van der Waals surface area contributed by atoms with E-state index in [2.05, 4.69) is 4.98 Å². The molecular formula is C23H29NO6. The van der Waals surface area contributed by atoms with Crippen LogP contribution >= 0.6 is 0 Å². The van der Waals surface area contributed by atoms with E-state index >= 15 is 0 Å². The molecule has 0 aliphatic heterocycles. The Morgan fingerprint density at radius 3 is 2.33 bits per heavy atom. The number of rotatable bonds is 8. The molecule has 0 unspecified atom stereocenters. The van der Waals surface area contributed by atoms with Crippen LogP contribution in [0.15, 0.2) is 18.2 Å². The van der Waals surface area contributed by atoms with Crippen molar-refractivity contribution >= 4 is 17.7 Å². The summed E-state index contributed by atoms with van der Waals surface area (Å²) in [6, 6.07) is 5.84. The normalized spacial score (nSPS) is 11.9. The lowest BCUT2D eigenvalue weighted by Gasteiger charge is -2.16. The van der Waals surface area contributed by atoms with E-state index < -0.39 is 23.8 Å². The molecule has 0 radical (unpaired) electrons. The first-order valence-corrected chi connectivity index (χ1v) is 9.81. The van der Waals surface area contributed by atoms with Crippen LogP contribution in [0.4, 0.5) is 0 Å². The lowest BCUT2D eigenvalue weighted by molar-refractivity contribution is -0.148. The number of benzene rings is 1. The van der Waals surface area contributed by atoms with Gasteiger partial charge >= 0.3 is 11.9 Å². The molecule has 0 saturated heterocycles. The van der Waals surface area contributed by atoms with Crippen molar-refractivity contribution in [2.75, 3.05) is 13.7 Å². The Bertz CT molecular complexity index is 957. The highest BCUT2D eigenvalue weighted by Crippen LogP contribution is 2.27. The predicted molar refractivity (Wildman–Crippen MR) is 112 cm³/mol. The number of hydrogen-bond donors (Lipinski definition) is 1. The first-order valence-electron chi connectivity index (χ1n) is 9.81. The minimum absolute atomic E-state index is 0.217. The van der Waals surface area contributed by atoms with Gasteiger partial charge in [-0.2, -0.15) is 0 Å². The maximum atomic E-state index is 12.7. The van der Waals surface area contributed by atoms with Gasteiger partial charge in [-0.3, -0.25) is 4.79 Å². The number of aromatic nitrogens is 1. The van der Waals surface area contributed by atoms with Crippen molar-refractivity contribution in [2.24, 2.45) is 0 Å². The van der Waals surface area contributed by atoms with E-state index in [1.807, 2.05) is 39.0 Å². The Kier molecular flexibility index (Phi) is 7.43. The van der Waals surface area contributed by atoms with Crippen molar-refractivity contribution in [1.82, 2.24) is 4.98 Å². The predicted octanol–water partition coefficient (Wildman–Crippen LogP) is 4.04.